The van der Waals surface area contributed by atoms with Gasteiger partial charge in [-0.3, -0.25) is 9.59 Å². The van der Waals surface area contributed by atoms with E-state index in [2.05, 4.69) is 0 Å². The molecule has 0 bridgehead atoms. The largest absolute Gasteiger partial charge is 0.452 e. The lowest BCUT2D eigenvalue weighted by Gasteiger charge is -2.11. The fourth-order valence-corrected chi connectivity index (χ4v) is 2.79. The van der Waals surface area contributed by atoms with Gasteiger partial charge in [0.1, 0.15) is 11.5 Å². The molecule has 1 aliphatic rings. The van der Waals surface area contributed by atoms with E-state index in [4.69, 9.17) is 9.47 Å². The third kappa shape index (κ3) is 3.87. The summed E-state index contributed by atoms with van der Waals surface area (Å²) in [6.07, 6.45) is 1.72. The van der Waals surface area contributed by atoms with Crippen LogP contribution < -0.4 is 14.4 Å². The molecule has 0 atom stereocenters. The van der Waals surface area contributed by atoms with Gasteiger partial charge in [-0.2, -0.15) is 0 Å². The second-order valence-corrected chi connectivity index (χ2v) is 7.11. The van der Waals surface area contributed by atoms with Crippen LogP contribution in [0.1, 0.15) is 35.3 Å². The summed E-state index contributed by atoms with van der Waals surface area (Å²) in [4.78, 5) is 26.6. The van der Waals surface area contributed by atoms with Gasteiger partial charge in [-0.05, 0) is 42.3 Å². The lowest BCUT2D eigenvalue weighted by molar-refractivity contribution is -0.137. The van der Waals surface area contributed by atoms with E-state index in [0.717, 1.165) is 16.8 Å². The van der Waals surface area contributed by atoms with Gasteiger partial charge in [0, 0.05) is 25.8 Å². The number of Topliss-reactive ketones (excluding diaryl/α,β-unsaturated/α-hetero) is 1. The van der Waals surface area contributed by atoms with Crippen molar-refractivity contribution in [1.82, 2.24) is 0 Å². The van der Waals surface area contributed by atoms with Crippen LogP contribution in [0.5, 0.6) is 11.5 Å². The number of carbonyl (C=O) groups excluding carboxylic acids is 2. The van der Waals surface area contributed by atoms with Gasteiger partial charge in [0.25, 0.3) is 0 Å². The number of rotatable bonds is 4. The Hall–Kier alpha value is -3.08. The molecule has 0 aliphatic carbocycles. The number of anilines is 1. The Morgan fingerprint density at radius 3 is 2.41 bits per heavy atom. The van der Waals surface area contributed by atoms with Gasteiger partial charge in [-0.25, -0.2) is 0 Å². The number of fused-ring (bicyclic) bond motifs is 1. The molecular weight excluding hydrogens is 342 g/mol. The van der Waals surface area contributed by atoms with E-state index in [0.29, 0.717) is 17.1 Å². The molecule has 1 heterocycles. The van der Waals surface area contributed by atoms with Crippen LogP contribution in [0.2, 0.25) is 0 Å². The Labute approximate surface area is 159 Å². The summed E-state index contributed by atoms with van der Waals surface area (Å²) < 4.78 is 11.1. The molecule has 2 aromatic carbocycles. The third-order valence-corrected chi connectivity index (χ3v) is 4.34. The highest BCUT2D eigenvalue weighted by molar-refractivity contribution is 6.15. The number of benzene rings is 2. The molecular formula is C22H23NO4. The summed E-state index contributed by atoms with van der Waals surface area (Å²) in [5, 5.41) is 0. The van der Waals surface area contributed by atoms with E-state index in [9.17, 15) is 9.59 Å². The molecule has 1 aliphatic heterocycles. The zero-order valence-electron chi connectivity index (χ0n) is 16.2. The summed E-state index contributed by atoms with van der Waals surface area (Å²) in [5.41, 5.74) is 3.18. The number of aryl methyl sites for hydroxylation is 1. The standard InChI is InChI=1S/C22H23NO4/c1-13(2)22(25)26-17-10-14(3)20-18(12-17)27-19(21(20)24)11-15-6-8-16(9-7-15)23(4)5/h6-13H,1-5H3/b19-11-. The number of ketones is 1. The van der Waals surface area contributed by atoms with E-state index < -0.39 is 0 Å². The Kier molecular flexibility index (Phi) is 5.04. The molecule has 0 fully saturated rings. The predicted molar refractivity (Wildman–Crippen MR) is 105 cm³/mol. The van der Waals surface area contributed by atoms with Crippen molar-refractivity contribution in [3.8, 4) is 11.5 Å². The zero-order chi connectivity index (χ0) is 19.7. The van der Waals surface area contributed by atoms with Crippen molar-refractivity contribution in [2.24, 2.45) is 5.92 Å². The summed E-state index contributed by atoms with van der Waals surface area (Å²) >= 11 is 0. The van der Waals surface area contributed by atoms with Crippen molar-refractivity contribution in [3.63, 3.8) is 0 Å². The number of hydrogen-bond donors (Lipinski definition) is 0. The monoisotopic (exact) mass is 365 g/mol. The van der Waals surface area contributed by atoms with Gasteiger partial charge < -0.3 is 14.4 Å². The highest BCUT2D eigenvalue weighted by Gasteiger charge is 2.30. The summed E-state index contributed by atoms with van der Waals surface area (Å²) in [7, 11) is 3.94. The average molecular weight is 365 g/mol. The molecule has 0 spiro atoms. The van der Waals surface area contributed by atoms with Crippen LogP contribution in [-0.2, 0) is 4.79 Å². The van der Waals surface area contributed by atoms with Crippen LogP contribution in [0.25, 0.3) is 6.08 Å². The minimum atomic E-state index is -0.324. The molecule has 5 nitrogen and oxygen atoms in total. The predicted octanol–water partition coefficient (Wildman–Crippen LogP) is 4.24. The molecule has 3 rings (SSSR count). The van der Waals surface area contributed by atoms with Crippen molar-refractivity contribution >= 4 is 23.5 Å². The highest BCUT2D eigenvalue weighted by atomic mass is 16.5. The summed E-state index contributed by atoms with van der Waals surface area (Å²) in [5.74, 6) is 0.341. The van der Waals surface area contributed by atoms with Crippen molar-refractivity contribution in [1.29, 1.82) is 0 Å². The van der Waals surface area contributed by atoms with E-state index in [1.165, 1.54) is 0 Å². The maximum atomic E-state index is 12.7. The van der Waals surface area contributed by atoms with Crippen LogP contribution in [0.3, 0.4) is 0 Å². The number of ether oxygens (including phenoxy) is 2. The number of nitrogens with zero attached hydrogens (tertiary/aromatic N) is 1. The number of allylic oxidation sites excluding steroid dienone is 1. The number of esters is 1. The average Bonchev–Trinajstić information content (AvgIpc) is 2.91. The maximum Gasteiger partial charge on any atom is 0.313 e. The second kappa shape index (κ2) is 7.27. The van der Waals surface area contributed by atoms with Gasteiger partial charge in [0.05, 0.1) is 11.5 Å². The Morgan fingerprint density at radius 2 is 1.81 bits per heavy atom. The molecule has 0 radical (unpaired) electrons. The fraction of sp³-hybridized carbons (Fsp3) is 0.273. The molecule has 140 valence electrons. The van der Waals surface area contributed by atoms with Crippen LogP contribution >= 0.6 is 0 Å². The summed E-state index contributed by atoms with van der Waals surface area (Å²) in [6, 6.07) is 11.1. The molecule has 27 heavy (non-hydrogen) atoms. The molecule has 5 heteroatoms. The first-order valence-corrected chi connectivity index (χ1v) is 8.84. The minimum Gasteiger partial charge on any atom is -0.452 e. The SMILES string of the molecule is Cc1cc(OC(=O)C(C)C)cc2c1C(=O)/C(=C/c1ccc(N(C)C)cc1)O2. The lowest BCUT2D eigenvalue weighted by atomic mass is 10.0. The normalized spacial score (nSPS) is 14.3. The summed E-state index contributed by atoms with van der Waals surface area (Å²) in [6.45, 7) is 5.34. The smallest absolute Gasteiger partial charge is 0.313 e. The zero-order valence-corrected chi connectivity index (χ0v) is 16.2. The van der Waals surface area contributed by atoms with Crippen LogP contribution in [0.15, 0.2) is 42.2 Å². The minimum absolute atomic E-state index is 0.166. The first kappa shape index (κ1) is 18.7. The van der Waals surface area contributed by atoms with E-state index in [1.54, 1.807) is 32.1 Å². The number of carbonyl (C=O) groups is 2. The van der Waals surface area contributed by atoms with Gasteiger partial charge in [-0.1, -0.05) is 26.0 Å². The molecule has 0 N–H and O–H groups in total. The molecule has 0 amide bonds. The van der Waals surface area contributed by atoms with Crippen molar-refractivity contribution in [2.75, 3.05) is 19.0 Å². The Balaban J connectivity index is 1.88. The maximum absolute atomic E-state index is 12.7. The quantitative estimate of drug-likeness (QED) is 0.461. The number of hydrogen-bond acceptors (Lipinski definition) is 5. The molecule has 0 saturated carbocycles. The molecule has 0 aromatic heterocycles. The van der Waals surface area contributed by atoms with Crippen molar-refractivity contribution in [2.45, 2.75) is 20.8 Å². The first-order valence-electron chi connectivity index (χ1n) is 8.84. The van der Waals surface area contributed by atoms with Gasteiger partial charge >= 0.3 is 5.97 Å². The van der Waals surface area contributed by atoms with E-state index >= 15 is 0 Å². The third-order valence-electron chi connectivity index (χ3n) is 4.34. The van der Waals surface area contributed by atoms with E-state index in [1.807, 2.05) is 50.2 Å². The van der Waals surface area contributed by atoms with Gasteiger partial charge in [0.15, 0.2) is 5.76 Å². The van der Waals surface area contributed by atoms with Gasteiger partial charge in [0.2, 0.25) is 5.78 Å². The first-order chi connectivity index (χ1) is 12.8. The van der Waals surface area contributed by atoms with Gasteiger partial charge in [-0.15, -0.1) is 0 Å². The van der Waals surface area contributed by atoms with Crippen molar-refractivity contribution < 1.29 is 19.1 Å². The fourth-order valence-electron chi connectivity index (χ4n) is 2.79. The Morgan fingerprint density at radius 1 is 1.15 bits per heavy atom. The van der Waals surface area contributed by atoms with Crippen LogP contribution in [0, 0.1) is 12.8 Å². The van der Waals surface area contributed by atoms with Crippen molar-refractivity contribution in [3.05, 3.63) is 58.8 Å². The highest BCUT2D eigenvalue weighted by Crippen LogP contribution is 2.37. The van der Waals surface area contributed by atoms with E-state index in [-0.39, 0.29) is 23.4 Å². The topological polar surface area (TPSA) is 55.8 Å². The second-order valence-electron chi connectivity index (χ2n) is 7.11. The molecule has 0 saturated heterocycles. The lowest BCUT2D eigenvalue weighted by Crippen LogP contribution is -2.14. The molecule has 0 unspecified atom stereocenters. The molecule has 2 aromatic rings. The van der Waals surface area contributed by atoms with Crippen LogP contribution in [0.4, 0.5) is 5.69 Å². The Bertz CT molecular complexity index is 924. The van der Waals surface area contributed by atoms with Crippen LogP contribution in [-0.4, -0.2) is 25.8 Å².